The van der Waals surface area contributed by atoms with Crippen molar-refractivity contribution in [2.75, 3.05) is 6.54 Å². The second-order valence-corrected chi connectivity index (χ2v) is 5.72. The highest BCUT2D eigenvalue weighted by Gasteiger charge is 2.42. The zero-order valence-electron chi connectivity index (χ0n) is 11.8. The van der Waals surface area contributed by atoms with Gasteiger partial charge in [0.05, 0.1) is 5.41 Å². The molecule has 1 aromatic heterocycles. The molecule has 0 bridgehead atoms. The second kappa shape index (κ2) is 4.59. The minimum atomic E-state index is -0.119. The minimum Gasteiger partial charge on any atom is -0.507 e. The van der Waals surface area contributed by atoms with Crippen LogP contribution in [0.3, 0.4) is 0 Å². The van der Waals surface area contributed by atoms with E-state index in [1.54, 1.807) is 0 Å². The van der Waals surface area contributed by atoms with Crippen LogP contribution >= 0.6 is 0 Å². The van der Waals surface area contributed by atoms with Crippen molar-refractivity contribution >= 4 is 0 Å². The number of aryl methyl sites for hydroxylation is 2. The third kappa shape index (κ3) is 1.89. The van der Waals surface area contributed by atoms with Crippen molar-refractivity contribution in [1.82, 2.24) is 10.1 Å². The first-order chi connectivity index (χ1) is 9.55. The molecule has 2 aromatic rings. The lowest BCUT2D eigenvalue weighted by atomic mass is 9.69. The molecular weight excluding hydrogens is 254 g/mol. The van der Waals surface area contributed by atoms with Gasteiger partial charge in [-0.2, -0.15) is 4.98 Å². The molecule has 0 atom stereocenters. The van der Waals surface area contributed by atoms with E-state index in [0.29, 0.717) is 24.0 Å². The molecule has 20 heavy (non-hydrogen) atoms. The zero-order chi connectivity index (χ0) is 14.3. The number of nitrogens with two attached hydrogens (primary N) is 1. The van der Waals surface area contributed by atoms with E-state index in [4.69, 9.17) is 10.3 Å². The SMILES string of the molecule is Cc1cc(-c2noc(C3(CN)CCC3)n2)cc(C)c1O. The molecule has 0 spiro atoms. The molecule has 1 aliphatic rings. The largest absolute Gasteiger partial charge is 0.507 e. The minimum absolute atomic E-state index is 0.119. The predicted octanol–water partition coefficient (Wildman–Crippen LogP) is 2.44. The van der Waals surface area contributed by atoms with Gasteiger partial charge in [-0.3, -0.25) is 0 Å². The average Bonchev–Trinajstić information content (AvgIpc) is 2.85. The number of phenolic OH excluding ortho intramolecular Hbond substituents is 1. The lowest BCUT2D eigenvalue weighted by Gasteiger charge is -2.36. The van der Waals surface area contributed by atoms with Crippen molar-refractivity contribution in [2.24, 2.45) is 5.73 Å². The van der Waals surface area contributed by atoms with Gasteiger partial charge in [-0.25, -0.2) is 0 Å². The van der Waals surface area contributed by atoms with Gasteiger partial charge in [0.15, 0.2) is 0 Å². The van der Waals surface area contributed by atoms with Crippen LogP contribution in [0.4, 0.5) is 0 Å². The monoisotopic (exact) mass is 273 g/mol. The molecule has 5 heteroatoms. The number of rotatable bonds is 3. The van der Waals surface area contributed by atoms with Crippen molar-refractivity contribution in [1.29, 1.82) is 0 Å². The summed E-state index contributed by atoms with van der Waals surface area (Å²) in [5.41, 5.74) is 8.22. The Kier molecular flexibility index (Phi) is 3.01. The van der Waals surface area contributed by atoms with Crippen LogP contribution < -0.4 is 5.73 Å². The fourth-order valence-electron chi connectivity index (χ4n) is 2.75. The second-order valence-electron chi connectivity index (χ2n) is 5.72. The van der Waals surface area contributed by atoms with Crippen LogP contribution in [0.5, 0.6) is 5.75 Å². The van der Waals surface area contributed by atoms with Crippen molar-refractivity contribution in [2.45, 2.75) is 38.5 Å². The van der Waals surface area contributed by atoms with Gasteiger partial charge < -0.3 is 15.4 Å². The van der Waals surface area contributed by atoms with Gasteiger partial charge >= 0.3 is 0 Å². The summed E-state index contributed by atoms with van der Waals surface area (Å²) in [4.78, 5) is 4.52. The van der Waals surface area contributed by atoms with Gasteiger partial charge in [0, 0.05) is 12.1 Å². The van der Waals surface area contributed by atoms with E-state index in [0.717, 1.165) is 36.0 Å². The normalized spacial score (nSPS) is 16.9. The maximum atomic E-state index is 9.82. The third-order valence-corrected chi connectivity index (χ3v) is 4.33. The summed E-state index contributed by atoms with van der Waals surface area (Å²) in [6.07, 6.45) is 3.18. The Labute approximate surface area is 117 Å². The van der Waals surface area contributed by atoms with E-state index in [1.807, 2.05) is 26.0 Å². The van der Waals surface area contributed by atoms with Crippen molar-refractivity contribution in [3.63, 3.8) is 0 Å². The highest BCUT2D eigenvalue weighted by molar-refractivity contribution is 5.60. The summed E-state index contributed by atoms with van der Waals surface area (Å²) < 4.78 is 5.42. The number of nitrogens with zero attached hydrogens (tertiary/aromatic N) is 2. The maximum absolute atomic E-state index is 9.82. The molecule has 106 valence electrons. The Balaban J connectivity index is 1.98. The molecule has 1 aliphatic carbocycles. The third-order valence-electron chi connectivity index (χ3n) is 4.33. The standard InChI is InChI=1S/C15H19N3O2/c1-9-6-11(7-10(2)12(9)19)13-17-14(20-18-13)15(8-16)4-3-5-15/h6-7,19H,3-5,8,16H2,1-2H3. The van der Waals surface area contributed by atoms with Crippen LogP contribution in [0, 0.1) is 13.8 Å². The van der Waals surface area contributed by atoms with Crippen molar-refractivity contribution < 1.29 is 9.63 Å². The molecule has 3 rings (SSSR count). The van der Waals surface area contributed by atoms with Crippen LogP contribution in [0.15, 0.2) is 16.7 Å². The van der Waals surface area contributed by atoms with Crippen LogP contribution in [0.1, 0.15) is 36.3 Å². The van der Waals surface area contributed by atoms with E-state index in [9.17, 15) is 5.11 Å². The van der Waals surface area contributed by atoms with Gasteiger partial charge in [-0.05, 0) is 49.9 Å². The first-order valence-corrected chi connectivity index (χ1v) is 6.90. The Bertz CT molecular complexity index is 616. The lowest BCUT2D eigenvalue weighted by molar-refractivity contribution is 0.182. The number of phenols is 1. The number of aromatic nitrogens is 2. The highest BCUT2D eigenvalue weighted by atomic mass is 16.5. The molecular formula is C15H19N3O2. The average molecular weight is 273 g/mol. The summed E-state index contributed by atoms with van der Waals surface area (Å²) in [5.74, 6) is 1.52. The van der Waals surface area contributed by atoms with Crippen molar-refractivity contribution in [3.05, 3.63) is 29.2 Å². The summed E-state index contributed by atoms with van der Waals surface area (Å²) in [6.45, 7) is 4.27. The fraction of sp³-hybridized carbons (Fsp3) is 0.467. The van der Waals surface area contributed by atoms with Gasteiger partial charge in [0.25, 0.3) is 0 Å². The Morgan fingerprint density at radius 3 is 2.45 bits per heavy atom. The fourth-order valence-corrected chi connectivity index (χ4v) is 2.75. The summed E-state index contributed by atoms with van der Waals surface area (Å²) in [7, 11) is 0. The number of hydrogen-bond donors (Lipinski definition) is 2. The smallest absolute Gasteiger partial charge is 0.234 e. The first kappa shape index (κ1) is 13.1. The Morgan fingerprint density at radius 1 is 1.30 bits per heavy atom. The van der Waals surface area contributed by atoms with Crippen LogP contribution in [0.2, 0.25) is 0 Å². The molecule has 1 fully saturated rings. The molecule has 0 radical (unpaired) electrons. The maximum Gasteiger partial charge on any atom is 0.234 e. The molecule has 3 N–H and O–H groups in total. The van der Waals surface area contributed by atoms with Gasteiger partial charge in [-0.15, -0.1) is 0 Å². The molecule has 0 unspecified atom stereocenters. The Morgan fingerprint density at radius 2 is 1.95 bits per heavy atom. The molecule has 0 aliphatic heterocycles. The van der Waals surface area contributed by atoms with Crippen molar-refractivity contribution in [3.8, 4) is 17.1 Å². The van der Waals surface area contributed by atoms with Crippen LogP contribution in [0.25, 0.3) is 11.4 Å². The molecule has 1 saturated carbocycles. The van der Waals surface area contributed by atoms with E-state index >= 15 is 0 Å². The van der Waals surface area contributed by atoms with E-state index in [-0.39, 0.29) is 5.41 Å². The van der Waals surface area contributed by atoms with Gasteiger partial charge in [0.1, 0.15) is 5.75 Å². The predicted molar refractivity (Wildman–Crippen MR) is 75.5 cm³/mol. The molecule has 1 heterocycles. The molecule has 0 saturated heterocycles. The quantitative estimate of drug-likeness (QED) is 0.897. The molecule has 0 amide bonds. The topological polar surface area (TPSA) is 85.2 Å². The zero-order valence-corrected chi connectivity index (χ0v) is 11.8. The van der Waals surface area contributed by atoms with Crippen LogP contribution in [-0.4, -0.2) is 21.8 Å². The summed E-state index contributed by atoms with van der Waals surface area (Å²) in [6, 6.07) is 3.74. The lowest BCUT2D eigenvalue weighted by Crippen LogP contribution is -2.41. The van der Waals surface area contributed by atoms with E-state index < -0.39 is 0 Å². The highest BCUT2D eigenvalue weighted by Crippen LogP contribution is 2.42. The number of hydrogen-bond acceptors (Lipinski definition) is 5. The summed E-state index contributed by atoms with van der Waals surface area (Å²) in [5, 5.41) is 13.9. The Hall–Kier alpha value is -1.88. The first-order valence-electron chi connectivity index (χ1n) is 6.90. The van der Waals surface area contributed by atoms with Gasteiger partial charge in [0.2, 0.25) is 11.7 Å². The number of aromatic hydroxyl groups is 1. The van der Waals surface area contributed by atoms with Gasteiger partial charge in [-0.1, -0.05) is 11.6 Å². The van der Waals surface area contributed by atoms with E-state index in [2.05, 4.69) is 10.1 Å². The van der Waals surface area contributed by atoms with Crippen LogP contribution in [-0.2, 0) is 5.41 Å². The number of benzene rings is 1. The molecule has 1 aromatic carbocycles. The molecule has 5 nitrogen and oxygen atoms in total. The van der Waals surface area contributed by atoms with E-state index in [1.165, 1.54) is 0 Å². The summed E-state index contributed by atoms with van der Waals surface area (Å²) >= 11 is 0.